The van der Waals surface area contributed by atoms with Gasteiger partial charge in [-0.05, 0) is 19.8 Å². The van der Waals surface area contributed by atoms with Crippen molar-refractivity contribution in [3.05, 3.63) is 42.1 Å². The van der Waals surface area contributed by atoms with Crippen LogP contribution in [0.2, 0.25) is 0 Å². The fourth-order valence-electron chi connectivity index (χ4n) is 2.97. The Morgan fingerprint density at radius 3 is 2.81 bits per heavy atom. The van der Waals surface area contributed by atoms with Gasteiger partial charge >= 0.3 is 6.09 Å². The average molecular weight is 371 g/mol. The maximum atomic E-state index is 11.7. The van der Waals surface area contributed by atoms with E-state index in [9.17, 15) is 4.79 Å². The lowest BCUT2D eigenvalue weighted by Crippen LogP contribution is -2.48. The monoisotopic (exact) mass is 371 g/mol. The van der Waals surface area contributed by atoms with Gasteiger partial charge in [-0.1, -0.05) is 35.5 Å². The lowest BCUT2D eigenvalue weighted by Gasteiger charge is -2.31. The second-order valence-corrected chi connectivity index (χ2v) is 6.35. The smallest absolute Gasteiger partial charge is 0.409 e. The van der Waals surface area contributed by atoms with Crippen molar-refractivity contribution in [2.45, 2.75) is 32.4 Å². The number of likely N-dealkylation sites (tertiary alicyclic amines) is 1. The molecule has 3 rings (SSSR count). The van der Waals surface area contributed by atoms with E-state index in [2.05, 4.69) is 15.5 Å². The number of carbonyl (C=O) groups is 1. The van der Waals surface area contributed by atoms with E-state index in [1.165, 1.54) is 0 Å². The number of carbonyl (C=O) groups excluding carboxylic acids is 1. The normalized spacial score (nSPS) is 15.6. The summed E-state index contributed by atoms with van der Waals surface area (Å²) in [6.45, 7) is 3.84. The number of aliphatic imine (C=N–C) groups is 1. The molecule has 0 bridgehead atoms. The van der Waals surface area contributed by atoms with E-state index in [1.54, 1.807) is 11.8 Å². The third-order valence-electron chi connectivity index (χ3n) is 4.40. The molecule has 27 heavy (non-hydrogen) atoms. The van der Waals surface area contributed by atoms with Crippen LogP contribution in [0, 0.1) is 0 Å². The number of nitrogens with two attached hydrogens (primary N) is 1. The first kappa shape index (κ1) is 18.8. The molecule has 2 aromatic rings. The van der Waals surface area contributed by atoms with Gasteiger partial charge in [0.05, 0.1) is 13.2 Å². The van der Waals surface area contributed by atoms with Gasteiger partial charge in [-0.25, -0.2) is 9.79 Å². The van der Waals surface area contributed by atoms with E-state index >= 15 is 0 Å². The molecule has 8 heteroatoms. The van der Waals surface area contributed by atoms with E-state index < -0.39 is 0 Å². The third-order valence-corrected chi connectivity index (χ3v) is 4.40. The molecular weight excluding hydrogens is 346 g/mol. The van der Waals surface area contributed by atoms with Crippen molar-refractivity contribution < 1.29 is 14.1 Å². The summed E-state index contributed by atoms with van der Waals surface area (Å²) < 4.78 is 10.4. The van der Waals surface area contributed by atoms with Crippen LogP contribution >= 0.6 is 0 Å². The molecule has 1 aromatic carbocycles. The largest absolute Gasteiger partial charge is 0.450 e. The van der Waals surface area contributed by atoms with Crippen LogP contribution in [0.15, 0.2) is 45.9 Å². The highest BCUT2D eigenvalue weighted by molar-refractivity contribution is 5.78. The predicted molar refractivity (Wildman–Crippen MR) is 102 cm³/mol. The Kier molecular flexibility index (Phi) is 6.30. The van der Waals surface area contributed by atoms with Gasteiger partial charge in [-0.2, -0.15) is 0 Å². The summed E-state index contributed by atoms with van der Waals surface area (Å²) in [5.74, 6) is 1.08. The molecule has 0 unspecified atom stereocenters. The first-order chi connectivity index (χ1) is 13.2. The van der Waals surface area contributed by atoms with Crippen LogP contribution in [0.1, 0.15) is 25.5 Å². The van der Waals surface area contributed by atoms with Crippen LogP contribution in [0.3, 0.4) is 0 Å². The topological polar surface area (TPSA) is 106 Å². The number of piperidine rings is 1. The molecule has 8 nitrogen and oxygen atoms in total. The molecule has 0 aliphatic carbocycles. The van der Waals surface area contributed by atoms with Crippen LogP contribution in [0.25, 0.3) is 11.3 Å². The lowest BCUT2D eigenvalue weighted by molar-refractivity contribution is 0.0963. The number of nitrogens with one attached hydrogen (secondary N) is 1. The van der Waals surface area contributed by atoms with E-state index in [4.69, 9.17) is 15.0 Å². The molecule has 1 fully saturated rings. The van der Waals surface area contributed by atoms with Gasteiger partial charge in [-0.15, -0.1) is 0 Å². The van der Waals surface area contributed by atoms with Crippen molar-refractivity contribution in [3.63, 3.8) is 0 Å². The Hall–Kier alpha value is -3.03. The highest BCUT2D eigenvalue weighted by atomic mass is 16.6. The summed E-state index contributed by atoms with van der Waals surface area (Å²) in [6.07, 6.45) is 1.35. The van der Waals surface area contributed by atoms with Crippen molar-refractivity contribution in [3.8, 4) is 11.3 Å². The van der Waals surface area contributed by atoms with Crippen molar-refractivity contribution in [1.82, 2.24) is 15.4 Å². The van der Waals surface area contributed by atoms with Gasteiger partial charge in [0.1, 0.15) is 5.69 Å². The highest BCUT2D eigenvalue weighted by Gasteiger charge is 2.23. The van der Waals surface area contributed by atoms with E-state index in [-0.39, 0.29) is 12.1 Å². The maximum Gasteiger partial charge on any atom is 0.409 e. The maximum absolute atomic E-state index is 11.7. The molecule has 3 N–H and O–H groups in total. The van der Waals surface area contributed by atoms with Crippen molar-refractivity contribution in [2.75, 3.05) is 19.7 Å². The molecule has 1 aliphatic heterocycles. The van der Waals surface area contributed by atoms with Gasteiger partial charge in [0.15, 0.2) is 11.7 Å². The Morgan fingerprint density at radius 1 is 1.37 bits per heavy atom. The minimum Gasteiger partial charge on any atom is -0.450 e. The number of amides is 1. The van der Waals surface area contributed by atoms with Crippen molar-refractivity contribution in [2.24, 2.45) is 10.7 Å². The predicted octanol–water partition coefficient (Wildman–Crippen LogP) is 2.37. The molecular formula is C19H25N5O3. The molecule has 0 spiro atoms. The van der Waals surface area contributed by atoms with Gasteiger partial charge < -0.3 is 25.2 Å². The second-order valence-electron chi connectivity index (χ2n) is 6.35. The number of aromatic nitrogens is 1. The Balaban J connectivity index is 1.47. The van der Waals surface area contributed by atoms with E-state index in [0.29, 0.717) is 38.0 Å². The molecule has 144 valence electrons. The second kappa shape index (κ2) is 9.07. The standard InChI is InChI=1S/C19H25N5O3/c1-2-26-19(25)24-10-8-15(9-11-24)22-18(20)21-13-16-12-17(27-23-16)14-6-4-3-5-7-14/h3-7,12,15H,2,8-11,13H2,1H3,(H3,20,21,22). The quantitative estimate of drug-likeness (QED) is 0.617. The van der Waals surface area contributed by atoms with Crippen LogP contribution in [0.5, 0.6) is 0 Å². The van der Waals surface area contributed by atoms with Gasteiger partial charge in [-0.3, -0.25) is 0 Å². The third kappa shape index (κ3) is 5.22. The zero-order valence-electron chi connectivity index (χ0n) is 15.4. The molecule has 0 saturated carbocycles. The summed E-state index contributed by atoms with van der Waals surface area (Å²) in [4.78, 5) is 17.8. The summed E-state index contributed by atoms with van der Waals surface area (Å²) >= 11 is 0. The number of benzene rings is 1. The minimum atomic E-state index is -0.252. The molecule has 1 aromatic heterocycles. The fourth-order valence-corrected chi connectivity index (χ4v) is 2.97. The summed E-state index contributed by atoms with van der Waals surface area (Å²) in [6, 6.07) is 11.8. The van der Waals surface area contributed by atoms with Crippen LogP contribution in [-0.2, 0) is 11.3 Å². The number of nitrogens with zero attached hydrogens (tertiary/aromatic N) is 3. The minimum absolute atomic E-state index is 0.191. The van der Waals surface area contributed by atoms with Crippen molar-refractivity contribution in [1.29, 1.82) is 0 Å². The first-order valence-electron chi connectivity index (χ1n) is 9.15. The van der Waals surface area contributed by atoms with Crippen LogP contribution in [0.4, 0.5) is 4.79 Å². The molecule has 1 saturated heterocycles. The average Bonchev–Trinajstić information content (AvgIpc) is 3.17. The zero-order chi connectivity index (χ0) is 19.1. The number of rotatable bonds is 5. The molecule has 0 atom stereocenters. The van der Waals surface area contributed by atoms with Crippen LogP contribution in [-0.4, -0.2) is 47.8 Å². The van der Waals surface area contributed by atoms with Gasteiger partial charge in [0.25, 0.3) is 0 Å². The Labute approximate surface area is 158 Å². The zero-order valence-corrected chi connectivity index (χ0v) is 15.4. The first-order valence-corrected chi connectivity index (χ1v) is 9.15. The summed E-state index contributed by atoms with van der Waals surface area (Å²) in [7, 11) is 0. The van der Waals surface area contributed by atoms with Crippen LogP contribution < -0.4 is 11.1 Å². The number of hydrogen-bond acceptors (Lipinski definition) is 5. The molecule has 1 aliphatic rings. The summed E-state index contributed by atoms with van der Waals surface area (Å²) in [5, 5.41) is 7.24. The van der Waals surface area contributed by atoms with Gasteiger partial charge in [0.2, 0.25) is 0 Å². The Bertz CT molecular complexity index is 767. The Morgan fingerprint density at radius 2 is 2.11 bits per heavy atom. The number of hydrogen-bond donors (Lipinski definition) is 2. The van der Waals surface area contributed by atoms with Gasteiger partial charge in [0, 0.05) is 30.8 Å². The van der Waals surface area contributed by atoms with E-state index in [0.717, 1.165) is 24.1 Å². The molecule has 0 radical (unpaired) electrons. The lowest BCUT2D eigenvalue weighted by atomic mass is 10.1. The molecule has 2 heterocycles. The van der Waals surface area contributed by atoms with Crippen molar-refractivity contribution >= 4 is 12.1 Å². The highest BCUT2D eigenvalue weighted by Crippen LogP contribution is 2.20. The molecule has 1 amide bonds. The van der Waals surface area contributed by atoms with E-state index in [1.807, 2.05) is 36.4 Å². The number of guanidine groups is 1. The summed E-state index contributed by atoms with van der Waals surface area (Å²) in [5.41, 5.74) is 7.68. The fraction of sp³-hybridized carbons (Fsp3) is 0.421. The number of ether oxygens (including phenoxy) is 1. The SMILES string of the molecule is CCOC(=O)N1CCC(NC(N)=NCc2cc(-c3ccccc3)on2)CC1.